The second-order valence-electron chi connectivity index (χ2n) is 5.44. The number of amides is 1. The topological polar surface area (TPSA) is 76.1 Å². The summed E-state index contributed by atoms with van der Waals surface area (Å²) >= 11 is 1.55. The summed E-state index contributed by atoms with van der Waals surface area (Å²) in [5.74, 6) is 1.60. The maximum absolute atomic E-state index is 12.0. The molecule has 0 atom stereocenters. The first kappa shape index (κ1) is 16.9. The molecule has 0 unspecified atom stereocenters. The molecule has 0 fully saturated rings. The van der Waals surface area contributed by atoms with E-state index in [1.54, 1.807) is 30.6 Å². The van der Waals surface area contributed by atoms with Gasteiger partial charge in [-0.3, -0.25) is 4.79 Å². The molecule has 7 heteroatoms. The lowest BCUT2D eigenvalue weighted by Crippen LogP contribution is -2.15. The fourth-order valence-electron chi connectivity index (χ4n) is 2.28. The molecule has 0 aliphatic carbocycles. The molecular weight excluding hydrogens is 336 g/mol. The van der Waals surface area contributed by atoms with Crippen molar-refractivity contribution < 1.29 is 9.53 Å². The van der Waals surface area contributed by atoms with Gasteiger partial charge in [0.1, 0.15) is 5.75 Å². The van der Waals surface area contributed by atoms with E-state index in [1.807, 2.05) is 42.6 Å². The van der Waals surface area contributed by atoms with Gasteiger partial charge in [0, 0.05) is 4.88 Å². The summed E-state index contributed by atoms with van der Waals surface area (Å²) in [6, 6.07) is 13.2. The van der Waals surface area contributed by atoms with Crippen molar-refractivity contribution in [3.05, 3.63) is 58.3 Å². The molecule has 2 N–H and O–H groups in total. The minimum absolute atomic E-state index is 0.113. The van der Waals surface area contributed by atoms with E-state index < -0.39 is 0 Å². The number of nitrogens with zero attached hydrogens (tertiary/aromatic N) is 2. The minimum atomic E-state index is -0.113. The maximum atomic E-state index is 12.0. The molecule has 2 aromatic heterocycles. The van der Waals surface area contributed by atoms with Gasteiger partial charge in [0.25, 0.3) is 0 Å². The van der Waals surface area contributed by atoms with Crippen molar-refractivity contribution in [2.24, 2.45) is 0 Å². The van der Waals surface area contributed by atoms with Crippen LogP contribution in [0.2, 0.25) is 0 Å². The number of anilines is 3. The van der Waals surface area contributed by atoms with E-state index in [9.17, 15) is 4.79 Å². The van der Waals surface area contributed by atoms with E-state index in [1.165, 1.54) is 0 Å². The van der Waals surface area contributed by atoms with Crippen molar-refractivity contribution in [2.75, 3.05) is 17.7 Å². The van der Waals surface area contributed by atoms with E-state index in [0.29, 0.717) is 18.1 Å². The fraction of sp³-hybridized carbons (Fsp3) is 0.167. The van der Waals surface area contributed by atoms with Gasteiger partial charge in [-0.15, -0.1) is 21.5 Å². The van der Waals surface area contributed by atoms with Crippen molar-refractivity contribution >= 4 is 34.6 Å². The Bertz CT molecular complexity index is 848. The molecule has 1 amide bonds. The predicted octanol–water partition coefficient (Wildman–Crippen LogP) is 3.78. The molecule has 25 heavy (non-hydrogen) atoms. The number of aryl methyl sites for hydroxylation is 1. The Morgan fingerprint density at radius 3 is 2.64 bits per heavy atom. The second kappa shape index (κ2) is 7.76. The van der Waals surface area contributed by atoms with E-state index in [2.05, 4.69) is 20.8 Å². The van der Waals surface area contributed by atoms with Crippen LogP contribution in [-0.4, -0.2) is 23.2 Å². The summed E-state index contributed by atoms with van der Waals surface area (Å²) in [6.07, 6.45) is 0.333. The lowest BCUT2D eigenvalue weighted by molar-refractivity contribution is -0.115. The summed E-state index contributed by atoms with van der Waals surface area (Å²) in [7, 11) is 1.62. The van der Waals surface area contributed by atoms with Crippen molar-refractivity contribution in [1.29, 1.82) is 0 Å². The Morgan fingerprint density at radius 2 is 1.96 bits per heavy atom. The molecule has 2 heterocycles. The first-order valence-corrected chi connectivity index (χ1v) is 8.59. The average molecular weight is 354 g/mol. The highest BCUT2D eigenvalue weighted by Crippen LogP contribution is 2.27. The second-order valence-corrected chi connectivity index (χ2v) is 6.47. The zero-order valence-electron chi connectivity index (χ0n) is 13.9. The van der Waals surface area contributed by atoms with E-state index in [-0.39, 0.29) is 5.91 Å². The van der Waals surface area contributed by atoms with Crippen LogP contribution in [0.5, 0.6) is 5.75 Å². The Hall–Kier alpha value is -2.93. The van der Waals surface area contributed by atoms with Crippen LogP contribution in [-0.2, 0) is 11.2 Å². The van der Waals surface area contributed by atoms with E-state index >= 15 is 0 Å². The number of ether oxygens (including phenoxy) is 1. The fourth-order valence-corrected chi connectivity index (χ4v) is 2.99. The van der Waals surface area contributed by atoms with Crippen molar-refractivity contribution in [3.63, 3.8) is 0 Å². The van der Waals surface area contributed by atoms with Gasteiger partial charge < -0.3 is 15.4 Å². The highest BCUT2D eigenvalue weighted by atomic mass is 32.1. The van der Waals surface area contributed by atoms with Crippen LogP contribution in [0.4, 0.5) is 17.3 Å². The number of hydrogen-bond donors (Lipinski definition) is 2. The molecular formula is C18H18N4O2S. The highest BCUT2D eigenvalue weighted by Gasteiger charge is 2.08. The third-order valence-corrected chi connectivity index (χ3v) is 4.34. The van der Waals surface area contributed by atoms with E-state index in [0.717, 1.165) is 21.9 Å². The third kappa shape index (κ3) is 4.54. The molecule has 0 aliphatic rings. The van der Waals surface area contributed by atoms with Crippen molar-refractivity contribution in [1.82, 2.24) is 10.2 Å². The number of hydrogen-bond acceptors (Lipinski definition) is 6. The first-order chi connectivity index (χ1) is 12.1. The van der Waals surface area contributed by atoms with Gasteiger partial charge in [0.15, 0.2) is 11.6 Å². The van der Waals surface area contributed by atoms with Crippen LogP contribution in [0, 0.1) is 6.92 Å². The third-order valence-electron chi connectivity index (χ3n) is 3.46. The summed E-state index contributed by atoms with van der Waals surface area (Å²) in [6.45, 7) is 2.00. The average Bonchev–Trinajstić information content (AvgIpc) is 3.10. The first-order valence-electron chi connectivity index (χ1n) is 7.71. The molecule has 3 rings (SSSR count). The van der Waals surface area contributed by atoms with Crippen LogP contribution in [0.25, 0.3) is 0 Å². The zero-order valence-corrected chi connectivity index (χ0v) is 14.8. The van der Waals surface area contributed by atoms with Gasteiger partial charge in [-0.2, -0.15) is 0 Å². The number of benzene rings is 1. The zero-order chi connectivity index (χ0) is 17.6. The minimum Gasteiger partial charge on any atom is -0.495 e. The van der Waals surface area contributed by atoms with Crippen LogP contribution < -0.4 is 15.4 Å². The smallest absolute Gasteiger partial charge is 0.230 e. The molecule has 1 aromatic carbocycles. The van der Waals surface area contributed by atoms with Gasteiger partial charge >= 0.3 is 0 Å². The molecule has 0 radical (unpaired) electrons. The predicted molar refractivity (Wildman–Crippen MR) is 99.7 cm³/mol. The Morgan fingerprint density at radius 1 is 1.16 bits per heavy atom. The molecule has 0 saturated carbocycles. The normalized spacial score (nSPS) is 10.3. The highest BCUT2D eigenvalue weighted by molar-refractivity contribution is 7.10. The number of methoxy groups -OCH3 is 1. The summed E-state index contributed by atoms with van der Waals surface area (Å²) in [5, 5.41) is 16.0. The van der Waals surface area contributed by atoms with Crippen molar-refractivity contribution in [3.8, 4) is 5.75 Å². The lowest BCUT2D eigenvalue weighted by Gasteiger charge is -2.11. The monoisotopic (exact) mass is 354 g/mol. The summed E-state index contributed by atoms with van der Waals surface area (Å²) < 4.78 is 5.33. The standard InChI is InChI=1S/C18H18N4O2S/c1-12-5-6-15(24-2)14(10-12)19-16-7-8-17(22-21-16)20-18(23)11-13-4-3-9-25-13/h3-10H,11H2,1-2H3,(H,19,21)(H,20,22,23). The Labute approximate surface area is 149 Å². The molecule has 0 spiro atoms. The van der Waals surface area contributed by atoms with Gasteiger partial charge in [-0.25, -0.2) is 0 Å². The molecule has 0 bridgehead atoms. The van der Waals surface area contributed by atoms with Crippen LogP contribution in [0.1, 0.15) is 10.4 Å². The van der Waals surface area contributed by atoms with Gasteiger partial charge in [-0.1, -0.05) is 12.1 Å². The largest absolute Gasteiger partial charge is 0.495 e. The number of carbonyl (C=O) groups excluding carboxylic acids is 1. The number of carbonyl (C=O) groups is 1. The number of aromatic nitrogens is 2. The van der Waals surface area contributed by atoms with E-state index in [4.69, 9.17) is 4.74 Å². The number of nitrogens with one attached hydrogen (secondary N) is 2. The van der Waals surface area contributed by atoms with Gasteiger partial charge in [0.05, 0.1) is 19.2 Å². The van der Waals surface area contributed by atoms with Crippen LogP contribution in [0.3, 0.4) is 0 Å². The van der Waals surface area contributed by atoms with Gasteiger partial charge in [0.2, 0.25) is 5.91 Å². The molecule has 0 aliphatic heterocycles. The Balaban J connectivity index is 1.64. The molecule has 6 nitrogen and oxygen atoms in total. The SMILES string of the molecule is COc1ccc(C)cc1Nc1ccc(NC(=O)Cc2cccs2)nn1. The van der Waals surface area contributed by atoms with Crippen molar-refractivity contribution in [2.45, 2.75) is 13.3 Å². The number of thiophene rings is 1. The maximum Gasteiger partial charge on any atom is 0.230 e. The van der Waals surface area contributed by atoms with Crippen LogP contribution in [0.15, 0.2) is 47.8 Å². The lowest BCUT2D eigenvalue weighted by atomic mass is 10.2. The van der Waals surface area contributed by atoms with Gasteiger partial charge in [-0.05, 0) is 48.2 Å². The molecule has 0 saturated heterocycles. The molecule has 128 valence electrons. The molecule has 3 aromatic rings. The quantitative estimate of drug-likeness (QED) is 0.704. The number of rotatable bonds is 6. The summed E-state index contributed by atoms with van der Waals surface area (Å²) in [5.41, 5.74) is 1.92. The van der Waals surface area contributed by atoms with Crippen LogP contribution >= 0.6 is 11.3 Å². The Kier molecular flexibility index (Phi) is 5.25. The summed E-state index contributed by atoms with van der Waals surface area (Å²) in [4.78, 5) is 13.0.